The molecule has 3 aromatic heterocycles. The summed E-state index contributed by atoms with van der Waals surface area (Å²) in [6.45, 7) is 2.69. The first-order valence-corrected chi connectivity index (χ1v) is 9.57. The van der Waals surface area contributed by atoms with Crippen molar-refractivity contribution >= 4 is 16.9 Å². The van der Waals surface area contributed by atoms with Crippen molar-refractivity contribution < 1.29 is 9.84 Å². The third-order valence-electron chi connectivity index (χ3n) is 4.32. The van der Waals surface area contributed by atoms with Crippen LogP contribution in [0.1, 0.15) is 18.6 Å². The predicted molar refractivity (Wildman–Crippen MR) is 105 cm³/mol. The molecule has 4 rings (SSSR count). The van der Waals surface area contributed by atoms with Gasteiger partial charge in [0.25, 0.3) is 5.56 Å². The molecule has 1 atom stereocenters. The zero-order chi connectivity index (χ0) is 18.8. The summed E-state index contributed by atoms with van der Waals surface area (Å²) in [5.74, 6) is 0.757. The molecule has 0 amide bonds. The van der Waals surface area contributed by atoms with E-state index in [1.54, 1.807) is 34.3 Å². The third kappa shape index (κ3) is 3.51. The number of rotatable bonds is 6. The number of hydrogen-bond donors (Lipinski definition) is 1. The van der Waals surface area contributed by atoms with Crippen LogP contribution in [0.2, 0.25) is 0 Å². The number of ether oxygens (including phenoxy) is 1. The molecule has 4 aromatic rings. The molecular formula is C20H19N3O3S. The molecule has 7 heteroatoms. The van der Waals surface area contributed by atoms with Crippen LogP contribution < -0.4 is 10.3 Å². The van der Waals surface area contributed by atoms with E-state index in [-0.39, 0.29) is 12.1 Å². The molecule has 0 aliphatic carbocycles. The minimum atomic E-state index is -0.791. The van der Waals surface area contributed by atoms with Crippen molar-refractivity contribution in [3.05, 3.63) is 76.2 Å². The topological polar surface area (TPSA) is 68.8 Å². The average molecular weight is 381 g/mol. The monoisotopic (exact) mass is 381 g/mol. The van der Waals surface area contributed by atoms with Gasteiger partial charge >= 0.3 is 0 Å². The van der Waals surface area contributed by atoms with Gasteiger partial charge in [0.05, 0.1) is 24.1 Å². The molecule has 0 aliphatic heterocycles. The fraction of sp³-hybridized carbons (Fsp3) is 0.200. The van der Waals surface area contributed by atoms with E-state index in [9.17, 15) is 9.90 Å². The van der Waals surface area contributed by atoms with E-state index in [2.05, 4.69) is 5.10 Å². The fourth-order valence-corrected chi connectivity index (χ4v) is 3.64. The maximum Gasteiger partial charge on any atom is 0.276 e. The van der Waals surface area contributed by atoms with Crippen LogP contribution >= 0.6 is 11.3 Å². The highest BCUT2D eigenvalue weighted by Gasteiger charge is 2.13. The number of aromatic nitrogens is 3. The largest absolute Gasteiger partial charge is 0.494 e. The summed E-state index contributed by atoms with van der Waals surface area (Å²) in [4.78, 5) is 13.8. The van der Waals surface area contributed by atoms with Crippen molar-refractivity contribution in [1.82, 2.24) is 14.2 Å². The van der Waals surface area contributed by atoms with Crippen LogP contribution in [0.4, 0.5) is 0 Å². The van der Waals surface area contributed by atoms with Gasteiger partial charge in [-0.05, 0) is 42.1 Å². The molecule has 27 heavy (non-hydrogen) atoms. The number of aliphatic hydroxyl groups excluding tert-OH is 1. The van der Waals surface area contributed by atoms with Crippen molar-refractivity contribution in [1.29, 1.82) is 0 Å². The van der Waals surface area contributed by atoms with Crippen molar-refractivity contribution in [3.8, 4) is 16.3 Å². The van der Waals surface area contributed by atoms with Crippen LogP contribution in [0, 0.1) is 0 Å². The lowest BCUT2D eigenvalue weighted by Crippen LogP contribution is -2.24. The van der Waals surface area contributed by atoms with Crippen LogP contribution in [0.3, 0.4) is 0 Å². The van der Waals surface area contributed by atoms with E-state index in [1.165, 1.54) is 4.57 Å². The Labute approximate surface area is 159 Å². The highest BCUT2D eigenvalue weighted by molar-refractivity contribution is 7.13. The summed E-state index contributed by atoms with van der Waals surface area (Å²) < 4.78 is 8.50. The smallest absolute Gasteiger partial charge is 0.276 e. The van der Waals surface area contributed by atoms with E-state index in [4.69, 9.17) is 4.74 Å². The predicted octanol–water partition coefficient (Wildman–Crippen LogP) is 3.36. The Morgan fingerprint density at radius 3 is 2.74 bits per heavy atom. The molecule has 138 valence electrons. The molecule has 0 saturated carbocycles. The van der Waals surface area contributed by atoms with Gasteiger partial charge in [-0.1, -0.05) is 18.2 Å². The average Bonchev–Trinajstić information content (AvgIpc) is 3.34. The minimum Gasteiger partial charge on any atom is -0.494 e. The Morgan fingerprint density at radius 1 is 1.22 bits per heavy atom. The molecular weight excluding hydrogens is 362 g/mol. The summed E-state index contributed by atoms with van der Waals surface area (Å²) in [6, 6.07) is 13.0. The Kier molecular flexibility index (Phi) is 4.79. The number of thiophene rings is 1. The van der Waals surface area contributed by atoms with E-state index < -0.39 is 6.10 Å². The molecule has 0 saturated heterocycles. The lowest BCUT2D eigenvalue weighted by Gasteiger charge is -2.14. The highest BCUT2D eigenvalue weighted by atomic mass is 32.1. The SMILES string of the molecule is CCOc1ccc(C(O)Cn2ccn3nc(-c4cccs4)cc3c2=O)cc1. The van der Waals surface area contributed by atoms with Crippen LogP contribution in [0.15, 0.2) is 65.0 Å². The molecule has 0 bridgehead atoms. The molecule has 6 nitrogen and oxygen atoms in total. The van der Waals surface area contributed by atoms with Gasteiger partial charge in [-0.3, -0.25) is 4.79 Å². The second-order valence-electron chi connectivity index (χ2n) is 6.11. The van der Waals surface area contributed by atoms with Gasteiger partial charge in [0, 0.05) is 12.4 Å². The van der Waals surface area contributed by atoms with E-state index in [0.717, 1.165) is 21.9 Å². The van der Waals surface area contributed by atoms with Crippen LogP contribution in [0.5, 0.6) is 5.75 Å². The van der Waals surface area contributed by atoms with Gasteiger partial charge in [-0.15, -0.1) is 11.3 Å². The molecule has 3 heterocycles. The zero-order valence-electron chi connectivity index (χ0n) is 14.8. The first-order valence-electron chi connectivity index (χ1n) is 8.69. The van der Waals surface area contributed by atoms with E-state index in [0.29, 0.717) is 12.1 Å². The van der Waals surface area contributed by atoms with Gasteiger partial charge in [-0.2, -0.15) is 5.10 Å². The summed E-state index contributed by atoms with van der Waals surface area (Å²) in [7, 11) is 0. The standard InChI is InChI=1S/C20H19N3O3S/c1-2-26-15-7-5-14(6-8-15)18(24)13-22-9-10-23-17(20(22)25)12-16(21-23)19-4-3-11-27-19/h3-12,18,24H,2,13H2,1H3. The molecule has 0 spiro atoms. The summed E-state index contributed by atoms with van der Waals surface area (Å²) in [6.07, 6.45) is 2.59. The normalized spacial score (nSPS) is 12.4. The lowest BCUT2D eigenvalue weighted by molar-refractivity contribution is 0.155. The van der Waals surface area contributed by atoms with E-state index >= 15 is 0 Å². The van der Waals surface area contributed by atoms with Crippen molar-refractivity contribution in [2.24, 2.45) is 0 Å². The third-order valence-corrected chi connectivity index (χ3v) is 5.22. The lowest BCUT2D eigenvalue weighted by atomic mass is 10.1. The Bertz CT molecular complexity index is 1100. The minimum absolute atomic E-state index is 0.169. The molecule has 0 fully saturated rings. The number of hydrogen-bond acceptors (Lipinski definition) is 5. The summed E-state index contributed by atoms with van der Waals surface area (Å²) in [5, 5.41) is 17.0. The molecule has 0 aliphatic rings. The van der Waals surface area contributed by atoms with Gasteiger partial charge in [0.2, 0.25) is 0 Å². The fourth-order valence-electron chi connectivity index (χ4n) is 2.96. The van der Waals surface area contributed by atoms with Gasteiger partial charge in [0.1, 0.15) is 17.0 Å². The van der Waals surface area contributed by atoms with Crippen molar-refractivity contribution in [2.45, 2.75) is 19.6 Å². The second kappa shape index (κ2) is 7.38. The van der Waals surface area contributed by atoms with Gasteiger partial charge < -0.3 is 14.4 Å². The molecule has 1 aromatic carbocycles. The summed E-state index contributed by atoms with van der Waals surface area (Å²) in [5.41, 5.74) is 1.81. The Balaban J connectivity index is 1.60. The molecule has 1 unspecified atom stereocenters. The first-order chi connectivity index (χ1) is 13.2. The number of aliphatic hydroxyl groups is 1. The maximum absolute atomic E-state index is 12.8. The first kappa shape index (κ1) is 17.5. The second-order valence-corrected chi connectivity index (χ2v) is 7.06. The maximum atomic E-state index is 12.8. The number of benzene rings is 1. The number of fused-ring (bicyclic) bond motifs is 1. The van der Waals surface area contributed by atoms with Crippen LogP contribution in [0.25, 0.3) is 16.1 Å². The van der Waals surface area contributed by atoms with E-state index in [1.807, 2.05) is 48.7 Å². The van der Waals surface area contributed by atoms with Gasteiger partial charge in [0.15, 0.2) is 0 Å². The molecule has 0 radical (unpaired) electrons. The quantitative estimate of drug-likeness (QED) is 0.556. The number of nitrogens with zero attached hydrogens (tertiary/aromatic N) is 3. The highest BCUT2D eigenvalue weighted by Crippen LogP contribution is 2.24. The Morgan fingerprint density at radius 2 is 2.04 bits per heavy atom. The summed E-state index contributed by atoms with van der Waals surface area (Å²) >= 11 is 1.58. The molecule has 1 N–H and O–H groups in total. The zero-order valence-corrected chi connectivity index (χ0v) is 15.6. The van der Waals surface area contributed by atoms with Crippen LogP contribution in [-0.2, 0) is 6.54 Å². The van der Waals surface area contributed by atoms with Gasteiger partial charge in [-0.25, -0.2) is 4.52 Å². The van der Waals surface area contributed by atoms with Crippen molar-refractivity contribution in [2.75, 3.05) is 6.61 Å². The Hall–Kier alpha value is -2.90. The van der Waals surface area contributed by atoms with Crippen molar-refractivity contribution in [3.63, 3.8) is 0 Å². The van der Waals surface area contributed by atoms with Crippen LogP contribution in [-0.4, -0.2) is 25.9 Å².